The molecule has 3 N–H and O–H groups in total. The lowest BCUT2D eigenvalue weighted by Gasteiger charge is -2.36. The van der Waals surface area contributed by atoms with Gasteiger partial charge in [0.2, 0.25) is 0 Å². The van der Waals surface area contributed by atoms with Crippen LogP contribution in [-0.4, -0.2) is 63.7 Å². The highest BCUT2D eigenvalue weighted by molar-refractivity contribution is 7.87. The minimum absolute atomic E-state index is 0.0142. The summed E-state index contributed by atoms with van der Waals surface area (Å²) in [5.74, 6) is -0.0351. The first-order valence-corrected chi connectivity index (χ1v) is 26.9. The van der Waals surface area contributed by atoms with E-state index in [1.54, 1.807) is 52.7 Å². The molecule has 0 saturated heterocycles. The van der Waals surface area contributed by atoms with Gasteiger partial charge in [0, 0.05) is 98.9 Å². The van der Waals surface area contributed by atoms with Gasteiger partial charge < -0.3 is 38.5 Å². The summed E-state index contributed by atoms with van der Waals surface area (Å²) in [6.45, 7) is 21.0. The molecular formula is C58H78O11S. The number of phenols is 3. The number of hydrogen-bond acceptors (Lipinski definition) is 11. The molecule has 3 aliphatic carbocycles. The number of fused-ring (bicyclic) bond motifs is 10. The van der Waals surface area contributed by atoms with Gasteiger partial charge in [-0.25, -0.2) is 0 Å². The summed E-state index contributed by atoms with van der Waals surface area (Å²) in [6.07, 6.45) is 3.88. The van der Waals surface area contributed by atoms with Crippen LogP contribution in [0, 0.1) is 40.4 Å². The average molecular weight is 983 g/mol. The first-order valence-electron chi connectivity index (χ1n) is 25.3. The van der Waals surface area contributed by atoms with Crippen LogP contribution in [-0.2, 0) is 14.9 Å². The Hall–Kier alpha value is -5.10. The zero-order valence-corrected chi connectivity index (χ0v) is 44.8. The molecule has 382 valence electrons. The minimum atomic E-state index is -4.43. The molecule has 0 aromatic heterocycles. The smallest absolute Gasteiger partial charge is 0.310 e. The molecule has 10 bridgehead atoms. The SMILES string of the molecule is COc1cc(O)c2cc1C(CC(C)C)c1cc(c(OC)cc1O)C(CC(C)C)c1cc(c(OC)cc1O)C(CC(C)C)c1cc(c(OC)cc1OS(=O)(=O)CC13CCC(CC1=O)C3(C)C)C2CC(C)C. The number of carbonyl (C=O) groups excluding carboxylic acids is 1. The van der Waals surface area contributed by atoms with E-state index in [4.69, 9.17) is 23.1 Å². The van der Waals surface area contributed by atoms with Crippen LogP contribution in [0.15, 0.2) is 48.5 Å². The lowest BCUT2D eigenvalue weighted by Crippen LogP contribution is -2.43. The van der Waals surface area contributed by atoms with Crippen molar-refractivity contribution in [1.29, 1.82) is 0 Å². The number of phenolic OH excluding ortho intramolecular Hbond substituents is 3. The van der Waals surface area contributed by atoms with Gasteiger partial charge in [-0.15, -0.1) is 0 Å². The quantitative estimate of drug-likeness (QED) is 0.0918. The number of aromatic hydroxyl groups is 3. The molecule has 0 spiro atoms. The summed E-state index contributed by atoms with van der Waals surface area (Å²) < 4.78 is 60.8. The van der Waals surface area contributed by atoms with Crippen molar-refractivity contribution in [1.82, 2.24) is 0 Å². The van der Waals surface area contributed by atoms with Gasteiger partial charge in [0.25, 0.3) is 0 Å². The first kappa shape index (κ1) is 52.7. The van der Waals surface area contributed by atoms with E-state index in [9.17, 15) is 28.5 Å². The fraction of sp³-hybridized carbons (Fsp3) is 0.569. The predicted molar refractivity (Wildman–Crippen MR) is 275 cm³/mol. The maximum Gasteiger partial charge on any atom is 0.310 e. The van der Waals surface area contributed by atoms with E-state index in [0.717, 1.165) is 17.5 Å². The monoisotopic (exact) mass is 983 g/mol. The van der Waals surface area contributed by atoms with Gasteiger partial charge in [-0.2, -0.15) is 8.42 Å². The van der Waals surface area contributed by atoms with E-state index in [1.165, 1.54) is 0 Å². The molecule has 0 amide bonds. The first-order chi connectivity index (χ1) is 32.9. The second-order valence-electron chi connectivity index (χ2n) is 22.8. The molecule has 0 aliphatic heterocycles. The van der Waals surface area contributed by atoms with Crippen molar-refractivity contribution in [3.8, 4) is 46.0 Å². The lowest BCUT2D eigenvalue weighted by molar-refractivity contribution is -0.128. The molecule has 6 atom stereocenters. The standard InChI is InChI=1S/C58H78O11S/c1-31(2)17-36-40-22-43(51(65-11)26-48(40)59)37(18-32(3)4)42-24-45(53(67-13)28-50(42)61)39(20-34(7)8)47-25-46(38(19-33(5)6)41-23-44(36)52(66-12)27-49(41)60)54(68-14)29-55(47)69-70(63,64)30-58-16-15-35(21-56(58)62)57(58,9)10/h22-29,31-39,59-61H,15-21,30H2,1-14H3. The van der Waals surface area contributed by atoms with Crippen LogP contribution in [0.3, 0.4) is 0 Å². The topological polar surface area (TPSA) is 158 Å². The number of rotatable bonds is 16. The molecule has 2 saturated carbocycles. The molecule has 2 fully saturated rings. The number of hydrogen-bond donors (Lipinski definition) is 3. The summed E-state index contributed by atoms with van der Waals surface area (Å²) in [6, 6.07) is 14.6. The van der Waals surface area contributed by atoms with E-state index in [-0.39, 0.29) is 58.4 Å². The van der Waals surface area contributed by atoms with E-state index in [0.29, 0.717) is 94.9 Å². The molecule has 0 heterocycles. The van der Waals surface area contributed by atoms with Crippen LogP contribution >= 0.6 is 0 Å². The van der Waals surface area contributed by atoms with Crippen LogP contribution in [0.1, 0.15) is 182 Å². The number of Topliss-reactive ketones (excluding diaryl/α,β-unsaturated/α-hetero) is 1. The normalized spacial score (nSPS) is 22.8. The summed E-state index contributed by atoms with van der Waals surface area (Å²) in [5, 5.41) is 36.6. The van der Waals surface area contributed by atoms with E-state index in [1.807, 2.05) is 38.1 Å². The molecule has 4 aromatic rings. The third-order valence-electron chi connectivity index (χ3n) is 16.1. The summed E-state index contributed by atoms with van der Waals surface area (Å²) in [7, 11) is 1.83. The van der Waals surface area contributed by atoms with Gasteiger partial charge in [-0.3, -0.25) is 4.79 Å². The zero-order valence-electron chi connectivity index (χ0n) is 44.0. The van der Waals surface area contributed by atoms with Gasteiger partial charge in [0.15, 0.2) is 0 Å². The molecule has 11 nitrogen and oxygen atoms in total. The van der Waals surface area contributed by atoms with Gasteiger partial charge in [0.1, 0.15) is 51.8 Å². The van der Waals surface area contributed by atoms with Crippen LogP contribution in [0.4, 0.5) is 0 Å². The molecule has 12 heteroatoms. The van der Waals surface area contributed by atoms with Gasteiger partial charge in [-0.05, 0) is 97.8 Å². The third kappa shape index (κ3) is 9.79. The van der Waals surface area contributed by atoms with Crippen LogP contribution in [0.2, 0.25) is 0 Å². The minimum Gasteiger partial charge on any atom is -0.508 e. The molecule has 0 radical (unpaired) electrons. The highest BCUT2D eigenvalue weighted by Crippen LogP contribution is 2.64. The number of ketones is 1. The predicted octanol–water partition coefficient (Wildman–Crippen LogP) is 13.0. The zero-order chi connectivity index (χ0) is 51.4. The van der Waals surface area contributed by atoms with Crippen LogP contribution < -0.4 is 23.1 Å². The van der Waals surface area contributed by atoms with Crippen molar-refractivity contribution in [2.75, 3.05) is 34.2 Å². The summed E-state index contributed by atoms with van der Waals surface area (Å²) >= 11 is 0. The fourth-order valence-electron chi connectivity index (χ4n) is 12.5. The van der Waals surface area contributed by atoms with E-state index >= 15 is 0 Å². The molecular weight excluding hydrogens is 905 g/mol. The van der Waals surface area contributed by atoms with Gasteiger partial charge in [0.05, 0.1) is 39.6 Å². The highest BCUT2D eigenvalue weighted by Gasteiger charge is 2.65. The molecule has 70 heavy (non-hydrogen) atoms. The Balaban J connectivity index is 1.63. The van der Waals surface area contributed by atoms with Crippen molar-refractivity contribution >= 4 is 15.9 Å². The third-order valence-corrected chi connectivity index (χ3v) is 17.4. The number of ether oxygens (including phenoxy) is 4. The molecule has 4 aromatic carbocycles. The van der Waals surface area contributed by atoms with Crippen LogP contribution in [0.5, 0.6) is 46.0 Å². The van der Waals surface area contributed by atoms with Gasteiger partial charge in [-0.1, -0.05) is 69.2 Å². The van der Waals surface area contributed by atoms with Crippen molar-refractivity contribution < 1.29 is 51.7 Å². The molecule has 7 rings (SSSR count). The van der Waals surface area contributed by atoms with E-state index in [2.05, 4.69) is 55.4 Å². The van der Waals surface area contributed by atoms with Crippen molar-refractivity contribution in [2.45, 2.75) is 138 Å². The lowest BCUT2D eigenvalue weighted by atomic mass is 9.70. The summed E-state index contributed by atoms with van der Waals surface area (Å²) in [5.41, 5.74) is 3.80. The number of methoxy groups -OCH3 is 4. The Morgan fingerprint density at radius 2 is 0.829 bits per heavy atom. The van der Waals surface area contributed by atoms with E-state index < -0.39 is 50.4 Å². The Morgan fingerprint density at radius 1 is 0.514 bits per heavy atom. The van der Waals surface area contributed by atoms with Crippen molar-refractivity contribution in [3.63, 3.8) is 0 Å². The molecule has 6 unspecified atom stereocenters. The van der Waals surface area contributed by atoms with Crippen LogP contribution in [0.25, 0.3) is 0 Å². The number of benzene rings is 4. The van der Waals surface area contributed by atoms with Crippen molar-refractivity contribution in [2.24, 2.45) is 40.4 Å². The fourth-order valence-corrected chi connectivity index (χ4v) is 14.3. The average Bonchev–Trinajstić information content (AvgIpc) is 3.62. The Kier molecular flexibility index (Phi) is 15.2. The Bertz CT molecular complexity index is 2700. The maximum atomic E-state index is 14.9. The van der Waals surface area contributed by atoms with Crippen molar-refractivity contribution in [3.05, 3.63) is 93.0 Å². The molecule has 3 aliphatic rings. The van der Waals surface area contributed by atoms with Gasteiger partial charge >= 0.3 is 10.1 Å². The Morgan fingerprint density at radius 3 is 1.13 bits per heavy atom. The maximum absolute atomic E-state index is 14.9. The Labute approximate surface area is 417 Å². The largest absolute Gasteiger partial charge is 0.508 e. The summed E-state index contributed by atoms with van der Waals surface area (Å²) in [4.78, 5) is 13.8. The second-order valence-corrected chi connectivity index (χ2v) is 24.3. The highest BCUT2D eigenvalue weighted by atomic mass is 32.2. The number of carbonyl (C=O) groups is 1. The second kappa shape index (κ2) is 20.2.